The lowest BCUT2D eigenvalue weighted by atomic mass is 9.97. The van der Waals surface area contributed by atoms with Crippen LogP contribution < -0.4 is 5.32 Å². The highest BCUT2D eigenvalue weighted by molar-refractivity contribution is 7.08. The fourth-order valence-electron chi connectivity index (χ4n) is 3.35. The van der Waals surface area contributed by atoms with Gasteiger partial charge in [-0.1, -0.05) is 6.07 Å². The largest absolute Gasteiger partial charge is 0.327 e. The van der Waals surface area contributed by atoms with Crippen LogP contribution in [0.2, 0.25) is 0 Å². The van der Waals surface area contributed by atoms with Crippen LogP contribution in [0.25, 0.3) is 11.3 Å². The predicted octanol–water partition coefficient (Wildman–Crippen LogP) is 4.43. The average Bonchev–Trinajstić information content (AvgIpc) is 3.26. The second kappa shape index (κ2) is 6.48. The van der Waals surface area contributed by atoms with E-state index in [4.69, 9.17) is 0 Å². The van der Waals surface area contributed by atoms with Gasteiger partial charge in [0.15, 0.2) is 0 Å². The Balaban J connectivity index is 1.52. The molecule has 1 amide bonds. The first kappa shape index (κ1) is 16.1. The van der Waals surface area contributed by atoms with Crippen LogP contribution >= 0.6 is 11.3 Å². The minimum Gasteiger partial charge on any atom is -0.327 e. The molecule has 3 aromatic rings. The van der Waals surface area contributed by atoms with Gasteiger partial charge in [-0.05, 0) is 55.0 Å². The van der Waals surface area contributed by atoms with E-state index in [0.717, 1.165) is 30.0 Å². The molecule has 1 atom stereocenters. The summed E-state index contributed by atoms with van der Waals surface area (Å²) in [5.41, 5.74) is 5.60. The van der Waals surface area contributed by atoms with Gasteiger partial charge in [-0.25, -0.2) is 4.98 Å². The Kier molecular flexibility index (Phi) is 4.17. The van der Waals surface area contributed by atoms with Crippen LogP contribution in [0.15, 0.2) is 41.2 Å². The second-order valence-electron chi connectivity index (χ2n) is 6.71. The van der Waals surface area contributed by atoms with Crippen molar-refractivity contribution in [3.8, 4) is 11.3 Å². The number of rotatable bonds is 3. The quantitative estimate of drug-likeness (QED) is 0.759. The number of nitrogens with one attached hydrogen (secondary N) is 1. The normalized spacial score (nSPS) is 16.5. The molecular formula is C20H21N3OS. The molecule has 0 saturated heterocycles. The topological polar surface area (TPSA) is 46.9 Å². The Morgan fingerprint density at radius 3 is 2.92 bits per heavy atom. The first-order chi connectivity index (χ1) is 12.1. The number of imidazole rings is 1. The molecule has 1 N–H and O–H groups in total. The number of aromatic nitrogens is 2. The van der Waals surface area contributed by atoms with Crippen molar-refractivity contribution in [1.82, 2.24) is 9.55 Å². The van der Waals surface area contributed by atoms with Gasteiger partial charge in [-0.2, -0.15) is 11.3 Å². The number of thiophene rings is 1. The van der Waals surface area contributed by atoms with Gasteiger partial charge in [-0.15, -0.1) is 0 Å². The average molecular weight is 351 g/mol. The van der Waals surface area contributed by atoms with E-state index >= 15 is 0 Å². The van der Waals surface area contributed by atoms with E-state index in [1.807, 2.05) is 18.3 Å². The molecule has 4 rings (SSSR count). The van der Waals surface area contributed by atoms with E-state index in [0.29, 0.717) is 6.54 Å². The van der Waals surface area contributed by atoms with E-state index in [2.05, 4.69) is 51.6 Å². The van der Waals surface area contributed by atoms with Crippen LogP contribution in [-0.4, -0.2) is 15.5 Å². The number of amides is 1. The lowest BCUT2D eigenvalue weighted by molar-refractivity contribution is -0.120. The Labute approximate surface area is 151 Å². The molecule has 1 aromatic carbocycles. The standard InChI is InChI=1S/C20H21N3OS/c1-13-3-5-17(9-14(13)2)22-20(24)15-4-6-19-21-10-18(23(19)11-15)16-7-8-25-12-16/h3,5,7-10,12,15H,4,6,11H2,1-2H3,(H,22,24). The Morgan fingerprint density at radius 2 is 2.16 bits per heavy atom. The van der Waals surface area contributed by atoms with E-state index in [1.165, 1.54) is 16.7 Å². The van der Waals surface area contributed by atoms with Crippen molar-refractivity contribution in [2.24, 2.45) is 5.92 Å². The van der Waals surface area contributed by atoms with Gasteiger partial charge in [0.25, 0.3) is 0 Å². The summed E-state index contributed by atoms with van der Waals surface area (Å²) in [6, 6.07) is 8.17. The van der Waals surface area contributed by atoms with Crippen molar-refractivity contribution in [3.05, 3.63) is 58.2 Å². The zero-order valence-electron chi connectivity index (χ0n) is 14.5. The maximum Gasteiger partial charge on any atom is 0.229 e. The number of carbonyl (C=O) groups excluding carboxylic acids is 1. The lowest BCUT2D eigenvalue weighted by Gasteiger charge is -2.24. The molecular weight excluding hydrogens is 330 g/mol. The third kappa shape index (κ3) is 3.12. The van der Waals surface area contributed by atoms with Crippen molar-refractivity contribution in [2.75, 3.05) is 5.32 Å². The molecule has 1 aliphatic heterocycles. The maximum absolute atomic E-state index is 12.8. The fourth-order valence-corrected chi connectivity index (χ4v) is 4.00. The van der Waals surface area contributed by atoms with Crippen LogP contribution in [0.3, 0.4) is 0 Å². The summed E-state index contributed by atoms with van der Waals surface area (Å²) in [6.45, 7) is 4.84. The Hall–Kier alpha value is -2.40. The summed E-state index contributed by atoms with van der Waals surface area (Å²) in [7, 11) is 0. The van der Waals surface area contributed by atoms with Crippen molar-refractivity contribution >= 4 is 22.9 Å². The number of fused-ring (bicyclic) bond motifs is 1. The molecule has 1 aliphatic rings. The van der Waals surface area contributed by atoms with Gasteiger partial charge in [0.05, 0.1) is 17.8 Å². The molecule has 3 heterocycles. The zero-order valence-corrected chi connectivity index (χ0v) is 15.3. The minimum absolute atomic E-state index is 0.0271. The maximum atomic E-state index is 12.8. The number of carbonyl (C=O) groups is 1. The minimum atomic E-state index is -0.0271. The highest BCUT2D eigenvalue weighted by Crippen LogP contribution is 2.29. The van der Waals surface area contributed by atoms with Crippen molar-refractivity contribution in [3.63, 3.8) is 0 Å². The molecule has 4 nitrogen and oxygen atoms in total. The SMILES string of the molecule is Cc1ccc(NC(=O)C2CCc3ncc(-c4ccsc4)n3C2)cc1C. The molecule has 0 aliphatic carbocycles. The monoisotopic (exact) mass is 351 g/mol. The van der Waals surface area contributed by atoms with Gasteiger partial charge in [0.1, 0.15) is 5.82 Å². The highest BCUT2D eigenvalue weighted by atomic mass is 32.1. The lowest BCUT2D eigenvalue weighted by Crippen LogP contribution is -2.31. The number of anilines is 1. The summed E-state index contributed by atoms with van der Waals surface area (Å²) in [5, 5.41) is 7.29. The van der Waals surface area contributed by atoms with Gasteiger partial charge >= 0.3 is 0 Å². The molecule has 1 unspecified atom stereocenters. The van der Waals surface area contributed by atoms with Crippen LogP contribution in [-0.2, 0) is 17.8 Å². The van der Waals surface area contributed by atoms with Gasteiger partial charge in [0.2, 0.25) is 5.91 Å². The van der Waals surface area contributed by atoms with Crippen molar-refractivity contribution in [2.45, 2.75) is 33.2 Å². The molecule has 0 fully saturated rings. The second-order valence-corrected chi connectivity index (χ2v) is 7.49. The van der Waals surface area contributed by atoms with Crippen LogP contribution in [0.1, 0.15) is 23.4 Å². The van der Waals surface area contributed by atoms with Crippen LogP contribution in [0.4, 0.5) is 5.69 Å². The van der Waals surface area contributed by atoms with E-state index in [1.54, 1.807) is 11.3 Å². The number of aryl methyl sites for hydroxylation is 3. The Bertz CT molecular complexity index is 911. The predicted molar refractivity (Wildman–Crippen MR) is 102 cm³/mol. The van der Waals surface area contributed by atoms with Crippen molar-refractivity contribution < 1.29 is 4.79 Å². The van der Waals surface area contributed by atoms with E-state index in [9.17, 15) is 4.79 Å². The number of nitrogens with zero attached hydrogens (tertiary/aromatic N) is 2. The van der Waals surface area contributed by atoms with Gasteiger partial charge in [-0.3, -0.25) is 4.79 Å². The summed E-state index contributed by atoms with van der Waals surface area (Å²) in [4.78, 5) is 17.3. The molecule has 0 bridgehead atoms. The molecule has 5 heteroatoms. The first-order valence-corrected chi connectivity index (χ1v) is 9.51. The highest BCUT2D eigenvalue weighted by Gasteiger charge is 2.27. The third-order valence-electron chi connectivity index (χ3n) is 5.02. The molecule has 0 radical (unpaired) electrons. The van der Waals surface area contributed by atoms with Gasteiger partial charge < -0.3 is 9.88 Å². The molecule has 128 valence electrons. The number of benzene rings is 1. The smallest absolute Gasteiger partial charge is 0.229 e. The summed E-state index contributed by atoms with van der Waals surface area (Å²) >= 11 is 1.68. The summed E-state index contributed by atoms with van der Waals surface area (Å²) < 4.78 is 2.20. The molecule has 2 aromatic heterocycles. The zero-order chi connectivity index (χ0) is 17.4. The fraction of sp³-hybridized carbons (Fsp3) is 0.300. The molecule has 25 heavy (non-hydrogen) atoms. The Morgan fingerprint density at radius 1 is 1.28 bits per heavy atom. The van der Waals surface area contributed by atoms with E-state index in [-0.39, 0.29) is 11.8 Å². The van der Waals surface area contributed by atoms with E-state index < -0.39 is 0 Å². The molecule has 0 saturated carbocycles. The summed E-state index contributed by atoms with van der Waals surface area (Å²) in [6.07, 6.45) is 3.62. The van der Waals surface area contributed by atoms with Crippen molar-refractivity contribution in [1.29, 1.82) is 0 Å². The first-order valence-electron chi connectivity index (χ1n) is 8.57. The number of hydrogen-bond acceptors (Lipinski definition) is 3. The summed E-state index contributed by atoms with van der Waals surface area (Å²) in [5.74, 6) is 1.15. The van der Waals surface area contributed by atoms with Crippen LogP contribution in [0, 0.1) is 19.8 Å². The van der Waals surface area contributed by atoms with Crippen LogP contribution in [0.5, 0.6) is 0 Å². The molecule has 0 spiro atoms. The van der Waals surface area contributed by atoms with Gasteiger partial charge in [0, 0.05) is 29.6 Å². The third-order valence-corrected chi connectivity index (χ3v) is 5.70. The number of hydrogen-bond donors (Lipinski definition) is 1.